The summed E-state index contributed by atoms with van der Waals surface area (Å²) in [6.45, 7) is 0.449. The van der Waals surface area contributed by atoms with Crippen molar-refractivity contribution in [2.24, 2.45) is 11.5 Å². The van der Waals surface area contributed by atoms with E-state index in [-0.39, 0.29) is 24.6 Å². The average molecular weight is 703 g/mol. The van der Waals surface area contributed by atoms with Crippen LogP contribution in [0.4, 0.5) is 0 Å². The van der Waals surface area contributed by atoms with Gasteiger partial charge < -0.3 is 22.1 Å². The number of carbonyl (C=O) groups excluding carboxylic acids is 2. The van der Waals surface area contributed by atoms with E-state index in [1.54, 1.807) is 54.6 Å². The first-order valence-electron chi connectivity index (χ1n) is 16.5. The molecular formula is C40H42N6O4S. The van der Waals surface area contributed by atoms with E-state index in [1.807, 2.05) is 84.9 Å². The summed E-state index contributed by atoms with van der Waals surface area (Å²) in [6.07, 6.45) is 0.125. The SMILES string of the molecule is N=C(N)c1ccc(CNC(=O)C(Cc2cccc(CN)c2)NC(=O)C(NS(=O)(=O)Cc2ccccc2)C(c2ccccc2)c2ccccc2)cc1. The molecule has 5 aromatic rings. The van der Waals surface area contributed by atoms with Crippen molar-refractivity contribution in [2.75, 3.05) is 0 Å². The van der Waals surface area contributed by atoms with Gasteiger partial charge in [0.05, 0.1) is 5.75 Å². The summed E-state index contributed by atoms with van der Waals surface area (Å²) in [5.74, 6) is -2.26. The van der Waals surface area contributed by atoms with Gasteiger partial charge in [-0.1, -0.05) is 140 Å². The maximum Gasteiger partial charge on any atom is 0.243 e. The molecule has 0 spiro atoms. The quantitative estimate of drug-likeness (QED) is 0.0666. The number of rotatable bonds is 16. The van der Waals surface area contributed by atoms with Crippen LogP contribution in [0.15, 0.2) is 140 Å². The van der Waals surface area contributed by atoms with Gasteiger partial charge >= 0.3 is 0 Å². The highest BCUT2D eigenvalue weighted by molar-refractivity contribution is 7.88. The summed E-state index contributed by atoms with van der Waals surface area (Å²) in [6, 6.07) is 39.1. The van der Waals surface area contributed by atoms with Crippen LogP contribution in [0.5, 0.6) is 0 Å². The molecule has 0 aliphatic carbocycles. The Bertz CT molecular complexity index is 1990. The Labute approximate surface area is 298 Å². The summed E-state index contributed by atoms with van der Waals surface area (Å²) >= 11 is 0. The predicted octanol–water partition coefficient (Wildman–Crippen LogP) is 4.09. The van der Waals surface area contributed by atoms with Crippen LogP contribution in [0.2, 0.25) is 0 Å². The van der Waals surface area contributed by atoms with E-state index < -0.39 is 39.8 Å². The Morgan fingerprint density at radius 3 is 1.78 bits per heavy atom. The van der Waals surface area contributed by atoms with Gasteiger partial charge in [-0.2, -0.15) is 0 Å². The zero-order valence-corrected chi connectivity index (χ0v) is 28.9. The van der Waals surface area contributed by atoms with E-state index in [2.05, 4.69) is 15.4 Å². The molecule has 0 radical (unpaired) electrons. The largest absolute Gasteiger partial charge is 0.384 e. The van der Waals surface area contributed by atoms with E-state index in [1.165, 1.54) is 0 Å². The zero-order chi connectivity index (χ0) is 36.2. The fourth-order valence-electron chi connectivity index (χ4n) is 5.90. The first kappa shape index (κ1) is 36.7. The second-order valence-corrected chi connectivity index (χ2v) is 14.0. The Kier molecular flexibility index (Phi) is 12.5. The summed E-state index contributed by atoms with van der Waals surface area (Å²) in [7, 11) is -4.07. The van der Waals surface area contributed by atoms with Gasteiger partial charge in [0, 0.05) is 31.0 Å². The van der Waals surface area contributed by atoms with Crippen molar-refractivity contribution < 1.29 is 18.0 Å². The van der Waals surface area contributed by atoms with Crippen LogP contribution in [-0.4, -0.2) is 38.2 Å². The number of carbonyl (C=O) groups is 2. The third kappa shape index (κ3) is 10.4. The fraction of sp³-hybridized carbons (Fsp3) is 0.175. The smallest absolute Gasteiger partial charge is 0.243 e. The van der Waals surface area contributed by atoms with Crippen molar-refractivity contribution in [3.8, 4) is 0 Å². The molecule has 0 aromatic heterocycles. The predicted molar refractivity (Wildman–Crippen MR) is 200 cm³/mol. The van der Waals surface area contributed by atoms with Crippen LogP contribution in [-0.2, 0) is 44.9 Å². The molecule has 0 fully saturated rings. The molecule has 0 aliphatic rings. The number of amidine groups is 1. The third-order valence-electron chi connectivity index (χ3n) is 8.47. The number of amides is 2. The molecule has 11 heteroatoms. The molecule has 262 valence electrons. The molecule has 2 amide bonds. The Hall–Kier alpha value is -5.62. The molecule has 0 heterocycles. The van der Waals surface area contributed by atoms with Gasteiger partial charge in [-0.15, -0.1) is 0 Å². The van der Waals surface area contributed by atoms with Crippen LogP contribution in [0.25, 0.3) is 0 Å². The molecule has 0 saturated heterocycles. The van der Waals surface area contributed by atoms with Crippen molar-refractivity contribution in [1.29, 1.82) is 5.41 Å². The topological polar surface area (TPSA) is 180 Å². The van der Waals surface area contributed by atoms with Crippen molar-refractivity contribution in [3.63, 3.8) is 0 Å². The lowest BCUT2D eigenvalue weighted by Gasteiger charge is -2.30. The summed E-state index contributed by atoms with van der Waals surface area (Å²) < 4.78 is 30.3. The van der Waals surface area contributed by atoms with Gasteiger partial charge in [-0.25, -0.2) is 13.1 Å². The third-order valence-corrected chi connectivity index (χ3v) is 9.80. The van der Waals surface area contributed by atoms with Gasteiger partial charge in [0.1, 0.15) is 17.9 Å². The van der Waals surface area contributed by atoms with Crippen molar-refractivity contribution in [2.45, 2.75) is 43.3 Å². The normalized spacial score (nSPS) is 12.5. The highest BCUT2D eigenvalue weighted by Gasteiger charge is 2.36. The van der Waals surface area contributed by atoms with E-state index in [0.29, 0.717) is 17.7 Å². The lowest BCUT2D eigenvalue weighted by molar-refractivity contribution is -0.130. The lowest BCUT2D eigenvalue weighted by atomic mass is 9.85. The van der Waals surface area contributed by atoms with Crippen LogP contribution in [0.3, 0.4) is 0 Å². The van der Waals surface area contributed by atoms with Crippen LogP contribution in [0, 0.1) is 5.41 Å². The average Bonchev–Trinajstić information content (AvgIpc) is 3.14. The minimum Gasteiger partial charge on any atom is -0.384 e. The van der Waals surface area contributed by atoms with E-state index >= 15 is 0 Å². The number of hydrogen-bond acceptors (Lipinski definition) is 6. The molecule has 0 aliphatic heterocycles. The van der Waals surface area contributed by atoms with Gasteiger partial charge in [0.2, 0.25) is 21.8 Å². The number of nitrogen functional groups attached to an aromatic ring is 1. The van der Waals surface area contributed by atoms with Gasteiger partial charge in [-0.05, 0) is 33.4 Å². The highest BCUT2D eigenvalue weighted by atomic mass is 32.2. The second-order valence-electron chi connectivity index (χ2n) is 12.3. The second kappa shape index (κ2) is 17.3. The minimum atomic E-state index is -4.07. The maximum atomic E-state index is 14.6. The Balaban J connectivity index is 1.49. The fourth-order valence-corrected chi connectivity index (χ4v) is 7.25. The monoisotopic (exact) mass is 702 g/mol. The Morgan fingerprint density at radius 2 is 1.22 bits per heavy atom. The maximum absolute atomic E-state index is 14.6. The summed E-state index contributed by atoms with van der Waals surface area (Å²) in [4.78, 5) is 28.5. The van der Waals surface area contributed by atoms with Gasteiger partial charge in [0.25, 0.3) is 0 Å². The van der Waals surface area contributed by atoms with Crippen LogP contribution in [0.1, 0.15) is 44.9 Å². The van der Waals surface area contributed by atoms with Gasteiger partial charge in [0.15, 0.2) is 0 Å². The number of hydrogen-bond donors (Lipinski definition) is 6. The molecule has 2 atom stereocenters. The molecule has 5 rings (SSSR count). The molecule has 51 heavy (non-hydrogen) atoms. The molecule has 8 N–H and O–H groups in total. The van der Waals surface area contributed by atoms with E-state index in [4.69, 9.17) is 16.9 Å². The summed E-state index contributed by atoms with van der Waals surface area (Å²) in [5, 5.41) is 13.5. The lowest BCUT2D eigenvalue weighted by Crippen LogP contribution is -2.56. The first-order chi connectivity index (χ1) is 24.6. The zero-order valence-electron chi connectivity index (χ0n) is 28.0. The minimum absolute atomic E-state index is 0.0636. The number of sulfonamides is 1. The molecule has 5 aromatic carbocycles. The van der Waals surface area contributed by atoms with E-state index in [9.17, 15) is 18.0 Å². The first-order valence-corrected chi connectivity index (χ1v) is 18.2. The number of nitrogens with one attached hydrogen (secondary N) is 4. The van der Waals surface area contributed by atoms with E-state index in [0.717, 1.165) is 27.8 Å². The van der Waals surface area contributed by atoms with Crippen LogP contribution < -0.4 is 26.8 Å². The Morgan fingerprint density at radius 1 is 0.667 bits per heavy atom. The highest BCUT2D eigenvalue weighted by Crippen LogP contribution is 2.29. The van der Waals surface area contributed by atoms with Gasteiger partial charge in [-0.3, -0.25) is 15.0 Å². The van der Waals surface area contributed by atoms with Crippen molar-refractivity contribution >= 4 is 27.7 Å². The number of benzene rings is 5. The molecule has 0 bridgehead atoms. The van der Waals surface area contributed by atoms with Crippen LogP contribution >= 0.6 is 0 Å². The standard InChI is InChI=1S/C40H42N6O4S/c41-25-31-14-10-13-30(23-31)24-35(39(47)44-26-28-19-21-34(22-20-28)38(42)43)45-40(48)37(46-51(49,50)27-29-11-4-1-5-12-29)36(32-15-6-2-7-16-32)33-17-8-3-9-18-33/h1-23,35-37,46H,24-27,41H2,(H3,42,43)(H,44,47)(H,45,48). The summed E-state index contributed by atoms with van der Waals surface area (Å²) in [5.41, 5.74) is 16.4. The van der Waals surface area contributed by atoms with Crippen molar-refractivity contribution in [3.05, 3.63) is 178 Å². The molecule has 10 nitrogen and oxygen atoms in total. The molecular weight excluding hydrogens is 661 g/mol. The van der Waals surface area contributed by atoms with Crippen molar-refractivity contribution in [1.82, 2.24) is 15.4 Å². The molecule has 0 saturated carbocycles. The molecule has 2 unspecified atom stereocenters. The number of nitrogens with two attached hydrogens (primary N) is 2.